The van der Waals surface area contributed by atoms with E-state index in [-0.39, 0.29) is 11.8 Å². The largest absolute Gasteiger partial charge is 0.340 e. The third kappa shape index (κ3) is 3.85. The topological polar surface area (TPSA) is 58.1 Å². The summed E-state index contributed by atoms with van der Waals surface area (Å²) in [6.45, 7) is 5.40. The Morgan fingerprint density at radius 2 is 2.17 bits per heavy atom. The summed E-state index contributed by atoms with van der Waals surface area (Å²) in [4.78, 5) is 23.5. The van der Waals surface area contributed by atoms with Gasteiger partial charge in [-0.2, -0.15) is 0 Å². The van der Waals surface area contributed by atoms with Crippen LogP contribution in [0.3, 0.4) is 0 Å². The van der Waals surface area contributed by atoms with E-state index in [9.17, 15) is 4.79 Å². The lowest BCUT2D eigenvalue weighted by molar-refractivity contribution is -0.120. The normalized spacial score (nSPS) is 17.6. The fourth-order valence-corrected chi connectivity index (χ4v) is 3.06. The summed E-state index contributed by atoms with van der Waals surface area (Å²) in [5.74, 6) is 0.640. The third-order valence-electron chi connectivity index (χ3n) is 4.30. The fourth-order valence-electron chi connectivity index (χ4n) is 2.88. The minimum atomic E-state index is -0.0806. The van der Waals surface area contributed by atoms with Crippen molar-refractivity contribution in [2.75, 3.05) is 23.3 Å². The van der Waals surface area contributed by atoms with Gasteiger partial charge in [0, 0.05) is 35.7 Å². The van der Waals surface area contributed by atoms with Crippen molar-refractivity contribution in [3.8, 4) is 0 Å². The number of hydrogen-bond donors (Lipinski definition) is 1. The first-order valence-electron chi connectivity index (χ1n) is 8.14. The summed E-state index contributed by atoms with van der Waals surface area (Å²) in [5, 5.41) is 3.63. The molecule has 0 spiro atoms. The molecule has 0 aliphatic carbocycles. The molecule has 1 atom stereocenters. The van der Waals surface area contributed by atoms with E-state index < -0.39 is 0 Å². The van der Waals surface area contributed by atoms with Crippen molar-refractivity contribution in [3.63, 3.8) is 0 Å². The summed E-state index contributed by atoms with van der Waals surface area (Å²) in [7, 11) is 0. The maximum absolute atomic E-state index is 12.6. The SMILES string of the molecule is Cc1ccnc(N2CCCC(C(=O)Nc3ccc(C)c(Cl)c3)C2)n1. The second-order valence-corrected chi connectivity index (χ2v) is 6.64. The van der Waals surface area contributed by atoms with Gasteiger partial charge in [-0.1, -0.05) is 17.7 Å². The summed E-state index contributed by atoms with van der Waals surface area (Å²) >= 11 is 6.13. The van der Waals surface area contributed by atoms with Crippen LogP contribution < -0.4 is 10.2 Å². The second-order valence-electron chi connectivity index (χ2n) is 6.24. The summed E-state index contributed by atoms with van der Waals surface area (Å²) in [6.07, 6.45) is 3.58. The maximum Gasteiger partial charge on any atom is 0.229 e. The summed E-state index contributed by atoms with van der Waals surface area (Å²) < 4.78 is 0. The summed E-state index contributed by atoms with van der Waals surface area (Å²) in [6, 6.07) is 7.45. The van der Waals surface area contributed by atoms with Gasteiger partial charge >= 0.3 is 0 Å². The van der Waals surface area contributed by atoms with Crippen molar-refractivity contribution in [2.45, 2.75) is 26.7 Å². The summed E-state index contributed by atoms with van der Waals surface area (Å²) in [5.41, 5.74) is 2.66. The number of amides is 1. The number of aromatic nitrogens is 2. The van der Waals surface area contributed by atoms with E-state index in [0.717, 1.165) is 36.3 Å². The lowest BCUT2D eigenvalue weighted by Gasteiger charge is -2.32. The van der Waals surface area contributed by atoms with Gasteiger partial charge in [0.2, 0.25) is 11.9 Å². The average molecular weight is 345 g/mol. The van der Waals surface area contributed by atoms with Crippen LogP contribution in [0.4, 0.5) is 11.6 Å². The Bertz CT molecular complexity index is 750. The minimum absolute atomic E-state index is 0.0206. The zero-order valence-electron chi connectivity index (χ0n) is 13.9. The molecule has 1 saturated heterocycles. The highest BCUT2D eigenvalue weighted by Gasteiger charge is 2.27. The maximum atomic E-state index is 12.6. The van der Waals surface area contributed by atoms with Gasteiger partial charge < -0.3 is 10.2 Å². The number of nitrogens with zero attached hydrogens (tertiary/aromatic N) is 3. The zero-order chi connectivity index (χ0) is 17.1. The van der Waals surface area contributed by atoms with Crippen molar-refractivity contribution >= 4 is 29.1 Å². The minimum Gasteiger partial charge on any atom is -0.340 e. The molecule has 6 heteroatoms. The Hall–Kier alpha value is -2.14. The number of nitrogens with one attached hydrogen (secondary N) is 1. The van der Waals surface area contributed by atoms with Gasteiger partial charge in [0.15, 0.2) is 0 Å². The smallest absolute Gasteiger partial charge is 0.229 e. The van der Waals surface area contributed by atoms with Crippen molar-refractivity contribution < 1.29 is 4.79 Å². The number of benzene rings is 1. The molecule has 24 heavy (non-hydrogen) atoms. The van der Waals surface area contributed by atoms with Crippen molar-refractivity contribution in [3.05, 3.63) is 46.7 Å². The van der Waals surface area contributed by atoms with Crippen LogP contribution in [0.1, 0.15) is 24.1 Å². The number of piperidine rings is 1. The highest BCUT2D eigenvalue weighted by molar-refractivity contribution is 6.31. The number of halogens is 1. The Labute approximate surface area is 147 Å². The Morgan fingerprint density at radius 3 is 2.92 bits per heavy atom. The van der Waals surface area contributed by atoms with E-state index in [1.807, 2.05) is 32.0 Å². The zero-order valence-corrected chi connectivity index (χ0v) is 14.7. The third-order valence-corrected chi connectivity index (χ3v) is 4.70. The molecule has 1 aliphatic heterocycles. The van der Waals surface area contributed by atoms with Crippen LogP contribution in [0, 0.1) is 19.8 Å². The van der Waals surface area contributed by atoms with E-state index in [4.69, 9.17) is 11.6 Å². The molecule has 1 unspecified atom stereocenters. The van der Waals surface area contributed by atoms with Gasteiger partial charge in [0.1, 0.15) is 0 Å². The molecule has 0 radical (unpaired) electrons. The molecular formula is C18H21ClN4O. The molecule has 5 nitrogen and oxygen atoms in total. The lowest BCUT2D eigenvalue weighted by Crippen LogP contribution is -2.41. The monoisotopic (exact) mass is 344 g/mol. The Morgan fingerprint density at radius 1 is 1.33 bits per heavy atom. The first-order valence-corrected chi connectivity index (χ1v) is 8.52. The van der Waals surface area contributed by atoms with Crippen LogP contribution in [0.25, 0.3) is 0 Å². The van der Waals surface area contributed by atoms with Gasteiger partial charge in [-0.25, -0.2) is 9.97 Å². The molecule has 2 aromatic rings. The molecule has 0 bridgehead atoms. The van der Waals surface area contributed by atoms with E-state index in [1.165, 1.54) is 0 Å². The van der Waals surface area contributed by atoms with Crippen LogP contribution >= 0.6 is 11.6 Å². The first-order chi connectivity index (χ1) is 11.5. The molecule has 1 amide bonds. The molecule has 1 aliphatic rings. The molecule has 2 heterocycles. The van der Waals surface area contributed by atoms with Crippen molar-refractivity contribution in [1.29, 1.82) is 0 Å². The molecule has 1 aromatic carbocycles. The number of anilines is 2. The van der Waals surface area contributed by atoms with Crippen molar-refractivity contribution in [2.24, 2.45) is 5.92 Å². The predicted molar refractivity (Wildman–Crippen MR) is 96.5 cm³/mol. The lowest BCUT2D eigenvalue weighted by atomic mass is 9.97. The van der Waals surface area contributed by atoms with Crippen molar-refractivity contribution in [1.82, 2.24) is 9.97 Å². The van der Waals surface area contributed by atoms with Crippen LogP contribution in [0.15, 0.2) is 30.5 Å². The van der Waals surface area contributed by atoms with E-state index >= 15 is 0 Å². The quantitative estimate of drug-likeness (QED) is 0.924. The van der Waals surface area contributed by atoms with E-state index in [2.05, 4.69) is 20.2 Å². The van der Waals surface area contributed by atoms with Crippen LogP contribution in [0.5, 0.6) is 0 Å². The number of carbonyl (C=O) groups is 1. The average Bonchev–Trinajstić information content (AvgIpc) is 2.58. The van der Waals surface area contributed by atoms with Gasteiger partial charge in [0.05, 0.1) is 5.92 Å². The number of hydrogen-bond acceptors (Lipinski definition) is 4. The second kappa shape index (κ2) is 7.18. The molecule has 126 valence electrons. The van der Waals surface area contributed by atoms with Crippen LogP contribution in [-0.2, 0) is 4.79 Å². The number of aryl methyl sites for hydroxylation is 2. The molecule has 0 saturated carbocycles. The van der Waals surface area contributed by atoms with Crippen LogP contribution in [-0.4, -0.2) is 29.0 Å². The van der Waals surface area contributed by atoms with Gasteiger partial charge in [0.25, 0.3) is 0 Å². The van der Waals surface area contributed by atoms with Crippen LogP contribution in [0.2, 0.25) is 5.02 Å². The van der Waals surface area contributed by atoms with Gasteiger partial charge in [-0.05, 0) is 50.5 Å². The first kappa shape index (κ1) is 16.7. The standard InChI is InChI=1S/C18H21ClN4O/c1-12-5-6-15(10-16(12)19)22-17(24)14-4-3-9-23(11-14)18-20-8-7-13(2)21-18/h5-8,10,14H,3-4,9,11H2,1-2H3,(H,22,24). The van der Waals surface area contributed by atoms with E-state index in [1.54, 1.807) is 12.3 Å². The van der Waals surface area contributed by atoms with Gasteiger partial charge in [-0.15, -0.1) is 0 Å². The molecule has 1 fully saturated rings. The highest BCUT2D eigenvalue weighted by atomic mass is 35.5. The fraction of sp³-hybridized carbons (Fsp3) is 0.389. The molecule has 1 N–H and O–H groups in total. The predicted octanol–water partition coefficient (Wildman–Crippen LogP) is 3.60. The highest BCUT2D eigenvalue weighted by Crippen LogP contribution is 2.24. The molecule has 1 aromatic heterocycles. The molecular weight excluding hydrogens is 324 g/mol. The number of carbonyl (C=O) groups excluding carboxylic acids is 1. The number of rotatable bonds is 3. The molecule has 3 rings (SSSR count). The van der Waals surface area contributed by atoms with Gasteiger partial charge in [-0.3, -0.25) is 4.79 Å². The van der Waals surface area contributed by atoms with E-state index in [0.29, 0.717) is 17.5 Å². The Balaban J connectivity index is 1.67. The Kier molecular flexibility index (Phi) is 5.00.